The van der Waals surface area contributed by atoms with E-state index in [0.29, 0.717) is 29.0 Å². The van der Waals surface area contributed by atoms with Gasteiger partial charge in [-0.25, -0.2) is 4.98 Å². The first-order valence-corrected chi connectivity index (χ1v) is 9.63. The second-order valence-electron chi connectivity index (χ2n) is 7.05. The average molecular weight is 397 g/mol. The van der Waals surface area contributed by atoms with E-state index in [4.69, 9.17) is 11.6 Å². The lowest BCUT2D eigenvalue weighted by Gasteiger charge is -2.36. The topological polar surface area (TPSA) is 58.4 Å². The van der Waals surface area contributed by atoms with E-state index in [1.807, 2.05) is 49.4 Å². The third kappa shape index (κ3) is 3.73. The van der Waals surface area contributed by atoms with Gasteiger partial charge in [0.2, 0.25) is 5.91 Å². The summed E-state index contributed by atoms with van der Waals surface area (Å²) in [7, 11) is 0. The summed E-state index contributed by atoms with van der Waals surface area (Å²) in [4.78, 5) is 33.7. The normalized spacial score (nSPS) is 14.5. The third-order valence-electron chi connectivity index (χ3n) is 5.09. The molecule has 0 N–H and O–H groups in total. The number of carbonyl (C=O) groups excluding carboxylic acids is 1. The molecule has 1 fully saturated rings. The maximum absolute atomic E-state index is 12.7. The molecule has 0 unspecified atom stereocenters. The van der Waals surface area contributed by atoms with E-state index < -0.39 is 0 Å². The molecule has 1 saturated heterocycles. The van der Waals surface area contributed by atoms with Crippen LogP contribution in [0.1, 0.15) is 5.56 Å². The number of aryl methyl sites for hydroxylation is 1. The molecule has 0 radical (unpaired) electrons. The minimum absolute atomic E-state index is 0.00683. The van der Waals surface area contributed by atoms with E-state index in [-0.39, 0.29) is 18.0 Å². The molecule has 144 valence electrons. The van der Waals surface area contributed by atoms with Gasteiger partial charge in [-0.15, -0.1) is 0 Å². The van der Waals surface area contributed by atoms with E-state index in [0.717, 1.165) is 24.3 Å². The van der Waals surface area contributed by atoms with Gasteiger partial charge in [-0.2, -0.15) is 0 Å². The molecule has 0 bridgehead atoms. The molecular weight excluding hydrogens is 376 g/mol. The highest BCUT2D eigenvalue weighted by atomic mass is 35.5. The van der Waals surface area contributed by atoms with Gasteiger partial charge in [0.25, 0.3) is 5.56 Å². The number of amides is 1. The number of aromatic nitrogens is 2. The summed E-state index contributed by atoms with van der Waals surface area (Å²) in [6.45, 7) is 4.63. The molecule has 1 amide bonds. The number of nitrogens with zero attached hydrogens (tertiary/aromatic N) is 4. The SMILES string of the molecule is Cc1ccc2ncn(CC(=O)N3CCN(c4cccc(Cl)c4)CC3)c(=O)c2c1. The van der Waals surface area contributed by atoms with Crippen molar-refractivity contribution in [2.75, 3.05) is 31.1 Å². The second kappa shape index (κ2) is 7.64. The van der Waals surface area contributed by atoms with Gasteiger partial charge in [-0.05, 0) is 37.3 Å². The zero-order valence-electron chi connectivity index (χ0n) is 15.6. The summed E-state index contributed by atoms with van der Waals surface area (Å²) in [5.41, 5.74) is 2.52. The number of anilines is 1. The molecule has 4 rings (SSSR count). The fraction of sp³-hybridized carbons (Fsp3) is 0.286. The van der Waals surface area contributed by atoms with Crippen molar-refractivity contribution >= 4 is 34.1 Å². The van der Waals surface area contributed by atoms with E-state index >= 15 is 0 Å². The third-order valence-corrected chi connectivity index (χ3v) is 5.33. The van der Waals surface area contributed by atoms with Gasteiger partial charge in [-0.3, -0.25) is 14.2 Å². The van der Waals surface area contributed by atoms with Crippen LogP contribution in [0.4, 0.5) is 5.69 Å². The number of carbonyl (C=O) groups is 1. The van der Waals surface area contributed by atoms with Crippen molar-refractivity contribution in [1.82, 2.24) is 14.5 Å². The zero-order chi connectivity index (χ0) is 19.7. The monoisotopic (exact) mass is 396 g/mol. The van der Waals surface area contributed by atoms with Gasteiger partial charge < -0.3 is 9.80 Å². The fourth-order valence-corrected chi connectivity index (χ4v) is 3.70. The molecule has 0 aliphatic carbocycles. The molecular formula is C21H21ClN4O2. The largest absolute Gasteiger partial charge is 0.368 e. The van der Waals surface area contributed by atoms with Crippen molar-refractivity contribution in [1.29, 1.82) is 0 Å². The van der Waals surface area contributed by atoms with Crippen molar-refractivity contribution in [3.05, 3.63) is 69.7 Å². The molecule has 2 heterocycles. The maximum atomic E-state index is 12.7. The molecule has 2 aromatic carbocycles. The Kier molecular flexibility index (Phi) is 5.05. The highest BCUT2D eigenvalue weighted by molar-refractivity contribution is 6.30. The Bertz CT molecular complexity index is 1090. The van der Waals surface area contributed by atoms with E-state index in [9.17, 15) is 9.59 Å². The van der Waals surface area contributed by atoms with Gasteiger partial charge in [0.15, 0.2) is 0 Å². The molecule has 7 heteroatoms. The van der Waals surface area contributed by atoms with Crippen molar-refractivity contribution < 1.29 is 4.79 Å². The zero-order valence-corrected chi connectivity index (χ0v) is 16.4. The quantitative estimate of drug-likeness (QED) is 0.683. The van der Waals surface area contributed by atoms with Crippen LogP contribution in [0.5, 0.6) is 0 Å². The van der Waals surface area contributed by atoms with Crippen LogP contribution in [0, 0.1) is 6.92 Å². The van der Waals surface area contributed by atoms with E-state index in [1.54, 1.807) is 4.90 Å². The molecule has 0 saturated carbocycles. The molecule has 1 aromatic heterocycles. The van der Waals surface area contributed by atoms with Gasteiger partial charge in [-0.1, -0.05) is 29.3 Å². The van der Waals surface area contributed by atoms with Crippen molar-refractivity contribution in [3.8, 4) is 0 Å². The van der Waals surface area contributed by atoms with Crippen LogP contribution < -0.4 is 10.5 Å². The van der Waals surface area contributed by atoms with Crippen molar-refractivity contribution in [3.63, 3.8) is 0 Å². The van der Waals surface area contributed by atoms with Gasteiger partial charge in [0, 0.05) is 36.9 Å². The van der Waals surface area contributed by atoms with Crippen molar-refractivity contribution in [2.24, 2.45) is 0 Å². The van der Waals surface area contributed by atoms with Gasteiger partial charge in [0.05, 0.1) is 17.2 Å². The Balaban J connectivity index is 1.44. The average Bonchev–Trinajstić information content (AvgIpc) is 2.70. The number of fused-ring (bicyclic) bond motifs is 1. The summed E-state index contributed by atoms with van der Waals surface area (Å²) in [5.74, 6) is -0.0679. The number of piperazine rings is 1. The van der Waals surface area contributed by atoms with Crippen LogP contribution in [0.3, 0.4) is 0 Å². The predicted molar refractivity (Wildman–Crippen MR) is 111 cm³/mol. The Morgan fingerprint density at radius 1 is 1.11 bits per heavy atom. The Hall–Kier alpha value is -2.86. The lowest BCUT2D eigenvalue weighted by Crippen LogP contribution is -2.50. The van der Waals surface area contributed by atoms with Gasteiger partial charge in [0.1, 0.15) is 6.54 Å². The fourth-order valence-electron chi connectivity index (χ4n) is 3.52. The maximum Gasteiger partial charge on any atom is 0.261 e. The molecule has 0 spiro atoms. The van der Waals surface area contributed by atoms with Crippen LogP contribution in [0.15, 0.2) is 53.6 Å². The highest BCUT2D eigenvalue weighted by Gasteiger charge is 2.22. The Morgan fingerprint density at radius 3 is 2.64 bits per heavy atom. The minimum Gasteiger partial charge on any atom is -0.368 e. The first kappa shape index (κ1) is 18.5. The number of halogens is 1. The van der Waals surface area contributed by atoms with Crippen LogP contribution in [-0.2, 0) is 11.3 Å². The minimum atomic E-state index is -0.181. The summed E-state index contributed by atoms with van der Waals surface area (Å²) < 4.78 is 1.40. The molecule has 3 aromatic rings. The van der Waals surface area contributed by atoms with Crippen LogP contribution >= 0.6 is 11.6 Å². The molecule has 28 heavy (non-hydrogen) atoms. The summed E-state index contributed by atoms with van der Waals surface area (Å²) in [6.07, 6.45) is 1.46. The first-order valence-electron chi connectivity index (χ1n) is 9.25. The predicted octanol–water partition coefficient (Wildman–Crippen LogP) is 2.71. The lowest BCUT2D eigenvalue weighted by molar-refractivity contribution is -0.132. The summed E-state index contributed by atoms with van der Waals surface area (Å²) in [5, 5.41) is 1.25. The Morgan fingerprint density at radius 2 is 1.89 bits per heavy atom. The second-order valence-corrected chi connectivity index (χ2v) is 7.48. The van der Waals surface area contributed by atoms with Crippen LogP contribution in [-0.4, -0.2) is 46.5 Å². The number of rotatable bonds is 3. The number of benzene rings is 2. The standard InChI is InChI=1S/C21H21ClN4O2/c1-15-5-6-19-18(11-15)21(28)26(14-23-19)13-20(27)25-9-7-24(8-10-25)17-4-2-3-16(22)12-17/h2-6,11-12,14H,7-10,13H2,1H3. The highest BCUT2D eigenvalue weighted by Crippen LogP contribution is 2.20. The summed E-state index contributed by atoms with van der Waals surface area (Å²) in [6, 6.07) is 13.3. The summed E-state index contributed by atoms with van der Waals surface area (Å²) >= 11 is 6.07. The van der Waals surface area contributed by atoms with E-state index in [1.165, 1.54) is 10.9 Å². The Labute approximate surface area is 168 Å². The van der Waals surface area contributed by atoms with Crippen molar-refractivity contribution in [2.45, 2.75) is 13.5 Å². The molecule has 0 atom stereocenters. The first-order chi connectivity index (χ1) is 13.5. The van der Waals surface area contributed by atoms with E-state index in [2.05, 4.69) is 9.88 Å². The molecule has 1 aliphatic heterocycles. The van der Waals surface area contributed by atoms with Crippen LogP contribution in [0.2, 0.25) is 5.02 Å². The molecule has 6 nitrogen and oxygen atoms in total. The number of hydrogen-bond acceptors (Lipinski definition) is 4. The van der Waals surface area contributed by atoms with Crippen LogP contribution in [0.25, 0.3) is 10.9 Å². The smallest absolute Gasteiger partial charge is 0.261 e. The lowest BCUT2D eigenvalue weighted by atomic mass is 10.2. The van der Waals surface area contributed by atoms with Gasteiger partial charge >= 0.3 is 0 Å². The molecule has 1 aliphatic rings. The number of hydrogen-bond donors (Lipinski definition) is 0.